The van der Waals surface area contributed by atoms with Gasteiger partial charge in [-0.25, -0.2) is 4.98 Å². The van der Waals surface area contributed by atoms with Crippen molar-refractivity contribution in [1.29, 1.82) is 0 Å². The molecule has 1 aromatic heterocycles. The highest BCUT2D eigenvalue weighted by molar-refractivity contribution is 7.09. The normalized spacial score (nSPS) is 17.6. The van der Waals surface area contributed by atoms with Gasteiger partial charge in [0.2, 0.25) is 11.8 Å². The molecule has 1 aliphatic rings. The molecule has 1 saturated heterocycles. The Morgan fingerprint density at radius 2 is 1.68 bits per heavy atom. The summed E-state index contributed by atoms with van der Waals surface area (Å²) in [6.07, 6.45) is 2.73. The van der Waals surface area contributed by atoms with Crippen molar-refractivity contribution < 1.29 is 48.5 Å². The minimum atomic E-state index is -1.01. The molecule has 0 radical (unpaired) electrons. The van der Waals surface area contributed by atoms with Crippen LogP contribution in [0.25, 0.3) is 0 Å². The van der Waals surface area contributed by atoms with Gasteiger partial charge in [0.1, 0.15) is 22.5 Å². The number of aromatic hydroxyl groups is 1. The zero-order valence-electron chi connectivity index (χ0n) is 36.1. The third-order valence-corrected chi connectivity index (χ3v) is 11.8. The summed E-state index contributed by atoms with van der Waals surface area (Å²) in [4.78, 5) is 87.4. The fourth-order valence-electron chi connectivity index (χ4n) is 7.19. The van der Waals surface area contributed by atoms with Gasteiger partial charge in [-0.3, -0.25) is 33.7 Å². The van der Waals surface area contributed by atoms with Crippen molar-refractivity contribution in [2.24, 2.45) is 23.7 Å². The lowest BCUT2D eigenvalue weighted by molar-refractivity contribution is -0.161. The van der Waals surface area contributed by atoms with Crippen molar-refractivity contribution in [3.05, 3.63) is 45.9 Å². The number of nitrogens with one attached hydrogen (secondary N) is 2. The second kappa shape index (κ2) is 23.3. The lowest BCUT2D eigenvalue weighted by atomic mass is 9.92. The molecule has 0 saturated carbocycles. The van der Waals surface area contributed by atoms with Crippen LogP contribution in [0.1, 0.15) is 127 Å². The van der Waals surface area contributed by atoms with Crippen LogP contribution in [-0.4, -0.2) is 105 Å². The first kappa shape index (κ1) is 48.8. The number of likely N-dealkylation sites (N-methyl/N-ethyl adjacent to an activating group) is 1. The molecule has 328 valence electrons. The molecule has 0 bridgehead atoms. The Balaban J connectivity index is 1.96. The van der Waals surface area contributed by atoms with E-state index in [0.29, 0.717) is 24.3 Å². The monoisotopic (exact) mass is 843 g/mol. The number of rotatable bonds is 22. The number of hydrogen-bond acceptors (Lipinski definition) is 12. The van der Waals surface area contributed by atoms with E-state index in [2.05, 4.69) is 15.6 Å². The number of piperidine rings is 1. The highest BCUT2D eigenvalue weighted by Crippen LogP contribution is 2.32. The number of carboxylic acid groups (broad SMARTS) is 1. The van der Waals surface area contributed by atoms with E-state index in [9.17, 15) is 39.0 Å². The first-order valence-corrected chi connectivity index (χ1v) is 21.6. The van der Waals surface area contributed by atoms with Crippen LogP contribution >= 0.6 is 11.3 Å². The van der Waals surface area contributed by atoms with Crippen molar-refractivity contribution in [2.45, 2.75) is 137 Å². The number of aliphatic carboxylic acids is 1. The molecular weight excluding hydrogens is 779 g/mol. The highest BCUT2D eigenvalue weighted by Gasteiger charge is 2.39. The standard InChI is InChI=1S/C43H65N5O10S/c1-10-27(6)38(46-40(53)34-13-11-12-18-47(34)9)42(54)48(24-57-37(51)19-25(2)3)35(26(4)5)22-36(58-29(8)49)41-45-33(23-59-41)39(52)44-31(20-28(7)43(55)56)21-30-14-16-32(50)17-15-30/h14-17,23,25-28,31,34-36,38,50H,10-13,18-22,24H2,1-9H3,(H,44,52)(H,46,53)(H,55,56)/t27?,28-,31+,34+,35+,36+,38-/m0/s1. The molecule has 2 heterocycles. The van der Waals surface area contributed by atoms with E-state index < -0.39 is 66.6 Å². The molecule has 7 atom stereocenters. The van der Waals surface area contributed by atoms with Gasteiger partial charge in [-0.2, -0.15) is 0 Å². The molecule has 0 spiro atoms. The van der Waals surface area contributed by atoms with E-state index in [1.165, 1.54) is 29.3 Å². The quantitative estimate of drug-likeness (QED) is 0.0832. The molecule has 2 aromatic rings. The predicted octanol–water partition coefficient (Wildman–Crippen LogP) is 5.71. The first-order chi connectivity index (χ1) is 27.8. The number of thiazole rings is 1. The van der Waals surface area contributed by atoms with E-state index in [0.717, 1.165) is 36.3 Å². The van der Waals surface area contributed by atoms with Crippen LogP contribution in [0.15, 0.2) is 29.6 Å². The van der Waals surface area contributed by atoms with Crippen molar-refractivity contribution in [2.75, 3.05) is 20.3 Å². The molecule has 1 aliphatic heterocycles. The van der Waals surface area contributed by atoms with Crippen LogP contribution in [0.5, 0.6) is 5.75 Å². The van der Waals surface area contributed by atoms with Crippen molar-refractivity contribution in [3.8, 4) is 5.75 Å². The van der Waals surface area contributed by atoms with E-state index in [-0.39, 0.29) is 60.4 Å². The number of likely N-dealkylation sites (tertiary alicyclic amines) is 1. The summed E-state index contributed by atoms with van der Waals surface area (Å²) in [6.45, 7) is 14.6. The number of hydrogen-bond donors (Lipinski definition) is 4. The summed E-state index contributed by atoms with van der Waals surface area (Å²) in [7, 11) is 1.90. The third kappa shape index (κ3) is 15.2. The molecule has 3 rings (SSSR count). The van der Waals surface area contributed by atoms with Gasteiger partial charge in [0.05, 0.1) is 12.0 Å². The van der Waals surface area contributed by atoms with Crippen molar-refractivity contribution >= 4 is 47.0 Å². The smallest absolute Gasteiger partial charge is 0.307 e. The third-order valence-electron chi connectivity index (χ3n) is 10.8. The molecule has 1 fully saturated rings. The van der Waals surface area contributed by atoms with Crippen LogP contribution in [0.3, 0.4) is 0 Å². The van der Waals surface area contributed by atoms with Gasteiger partial charge in [-0.15, -0.1) is 11.3 Å². The summed E-state index contributed by atoms with van der Waals surface area (Å²) < 4.78 is 11.5. The van der Waals surface area contributed by atoms with E-state index in [4.69, 9.17) is 9.47 Å². The number of amides is 3. The van der Waals surface area contributed by atoms with Gasteiger partial charge in [0, 0.05) is 37.2 Å². The molecule has 3 amide bonds. The Kier molecular flexibility index (Phi) is 19.3. The van der Waals surface area contributed by atoms with Crippen LogP contribution < -0.4 is 10.6 Å². The van der Waals surface area contributed by atoms with Crippen LogP contribution in [0.4, 0.5) is 0 Å². The van der Waals surface area contributed by atoms with Gasteiger partial charge < -0.3 is 35.2 Å². The Hall–Kier alpha value is -4.57. The number of carbonyl (C=O) groups is 6. The maximum Gasteiger partial charge on any atom is 0.307 e. The minimum Gasteiger partial charge on any atom is -0.508 e. The van der Waals surface area contributed by atoms with Gasteiger partial charge in [-0.05, 0) is 74.7 Å². The molecule has 59 heavy (non-hydrogen) atoms. The number of ether oxygens (including phenoxy) is 2. The second-order valence-electron chi connectivity index (χ2n) is 16.6. The zero-order valence-corrected chi connectivity index (χ0v) is 36.9. The number of phenolic OH excluding ortho intramolecular Hbond substituents is 1. The average molecular weight is 844 g/mol. The van der Waals surface area contributed by atoms with Gasteiger partial charge in [0.25, 0.3) is 5.91 Å². The number of phenols is 1. The van der Waals surface area contributed by atoms with E-state index >= 15 is 0 Å². The molecule has 15 nitrogen and oxygen atoms in total. The van der Waals surface area contributed by atoms with Crippen LogP contribution in [0, 0.1) is 23.7 Å². The maximum atomic E-state index is 14.8. The fraction of sp³-hybridized carbons (Fsp3) is 0.651. The number of nitrogens with zero attached hydrogens (tertiary/aromatic N) is 3. The Morgan fingerprint density at radius 3 is 2.25 bits per heavy atom. The van der Waals surface area contributed by atoms with Gasteiger partial charge >= 0.3 is 17.9 Å². The Labute approximate surface area is 352 Å². The van der Waals surface area contributed by atoms with Gasteiger partial charge in [0.15, 0.2) is 12.8 Å². The zero-order chi connectivity index (χ0) is 44.0. The summed E-state index contributed by atoms with van der Waals surface area (Å²) in [5, 5.41) is 27.1. The second-order valence-corrected chi connectivity index (χ2v) is 17.5. The highest BCUT2D eigenvalue weighted by atomic mass is 32.1. The summed E-state index contributed by atoms with van der Waals surface area (Å²) in [5.74, 6) is -4.54. The van der Waals surface area contributed by atoms with E-state index in [1.54, 1.807) is 19.1 Å². The van der Waals surface area contributed by atoms with Crippen molar-refractivity contribution in [3.63, 3.8) is 0 Å². The number of carbonyl (C=O) groups excluding carboxylic acids is 5. The lowest BCUT2D eigenvalue weighted by Gasteiger charge is -2.39. The molecule has 1 aromatic carbocycles. The molecule has 16 heteroatoms. The van der Waals surface area contributed by atoms with Crippen LogP contribution in [-0.2, 0) is 39.9 Å². The first-order valence-electron chi connectivity index (χ1n) is 20.7. The number of benzene rings is 1. The molecule has 1 unspecified atom stereocenters. The maximum absolute atomic E-state index is 14.8. The predicted molar refractivity (Wildman–Crippen MR) is 223 cm³/mol. The SMILES string of the molecule is CCC(C)[C@H](NC(=O)[C@H]1CCCCN1C)C(=O)N(COC(=O)CC(C)C)[C@H](C[C@@H](OC(C)=O)c1nc(C(=O)N[C@@H](Cc2ccc(O)cc2)C[C@H](C)C(=O)O)cs1)C(C)C. The Morgan fingerprint density at radius 1 is 1.00 bits per heavy atom. The number of esters is 2. The lowest BCUT2D eigenvalue weighted by Crippen LogP contribution is -2.59. The molecular formula is C43H65N5O10S. The van der Waals surface area contributed by atoms with Crippen molar-refractivity contribution in [1.82, 2.24) is 25.4 Å². The minimum absolute atomic E-state index is 0.0143. The average Bonchev–Trinajstić information content (AvgIpc) is 3.67. The summed E-state index contributed by atoms with van der Waals surface area (Å²) in [5.41, 5.74) is 0.814. The van der Waals surface area contributed by atoms with Crippen LogP contribution in [0.2, 0.25) is 0 Å². The number of aromatic nitrogens is 1. The fourth-order valence-corrected chi connectivity index (χ4v) is 8.03. The largest absolute Gasteiger partial charge is 0.508 e. The summed E-state index contributed by atoms with van der Waals surface area (Å²) >= 11 is 1.10. The van der Waals surface area contributed by atoms with Gasteiger partial charge in [-0.1, -0.05) is 73.4 Å². The molecule has 0 aliphatic carbocycles. The van der Waals surface area contributed by atoms with E-state index in [1.807, 2.05) is 53.5 Å². The Bertz CT molecular complexity index is 1720. The summed E-state index contributed by atoms with van der Waals surface area (Å²) in [6, 6.07) is 3.83. The molecule has 4 N–H and O–H groups in total. The topological polar surface area (TPSA) is 205 Å². The number of carboxylic acids is 1.